The minimum atomic E-state index is -0.307. The van der Waals surface area contributed by atoms with E-state index in [4.69, 9.17) is 0 Å². The SMILES string of the molecule is O=C(c1ccc(F)cc1)N1CCN([C@@H]2CCc3ccccc3C2)CC1. The number of nitrogens with zero attached hydrogens (tertiary/aromatic N) is 2. The van der Waals surface area contributed by atoms with Gasteiger partial charge in [0.05, 0.1) is 0 Å². The third-order valence-corrected chi connectivity index (χ3v) is 5.53. The first-order valence-corrected chi connectivity index (χ1v) is 9.06. The molecule has 3 nitrogen and oxygen atoms in total. The van der Waals surface area contributed by atoms with Gasteiger partial charge in [0.15, 0.2) is 0 Å². The van der Waals surface area contributed by atoms with Crippen LogP contribution in [-0.2, 0) is 12.8 Å². The highest BCUT2D eigenvalue weighted by atomic mass is 19.1. The average Bonchev–Trinajstić information content (AvgIpc) is 2.68. The van der Waals surface area contributed by atoms with Gasteiger partial charge < -0.3 is 4.90 Å². The van der Waals surface area contributed by atoms with Crippen molar-refractivity contribution in [1.82, 2.24) is 9.80 Å². The Hall–Kier alpha value is -2.20. The Kier molecular flexibility index (Phi) is 4.53. The molecule has 0 spiro atoms. The summed E-state index contributed by atoms with van der Waals surface area (Å²) in [5.41, 5.74) is 3.54. The number of halogens is 1. The minimum Gasteiger partial charge on any atom is -0.336 e. The molecule has 2 aliphatic rings. The minimum absolute atomic E-state index is 0.00800. The summed E-state index contributed by atoms with van der Waals surface area (Å²) in [7, 11) is 0. The molecule has 1 amide bonds. The Labute approximate surface area is 148 Å². The standard InChI is InChI=1S/C21H23FN2O/c22-19-8-5-17(6-9-19)21(25)24-13-11-23(12-14-24)20-10-7-16-3-1-2-4-18(16)15-20/h1-6,8-9,20H,7,10-15H2/t20-/m1/s1. The first-order chi connectivity index (χ1) is 12.2. The van der Waals surface area contributed by atoms with Crippen LogP contribution < -0.4 is 0 Å². The number of fused-ring (bicyclic) bond motifs is 1. The van der Waals surface area contributed by atoms with Crippen LogP contribution in [0.3, 0.4) is 0 Å². The van der Waals surface area contributed by atoms with Crippen molar-refractivity contribution in [2.45, 2.75) is 25.3 Å². The zero-order valence-electron chi connectivity index (χ0n) is 14.3. The lowest BCUT2D eigenvalue weighted by Gasteiger charge is -2.41. The molecule has 2 aromatic carbocycles. The van der Waals surface area contributed by atoms with Crippen LogP contribution in [0.2, 0.25) is 0 Å². The normalized spacial score (nSPS) is 21.0. The van der Waals surface area contributed by atoms with E-state index in [1.165, 1.54) is 29.7 Å². The van der Waals surface area contributed by atoms with Crippen LogP contribution >= 0.6 is 0 Å². The van der Waals surface area contributed by atoms with Crippen molar-refractivity contribution in [2.24, 2.45) is 0 Å². The van der Waals surface area contributed by atoms with E-state index < -0.39 is 0 Å². The van der Waals surface area contributed by atoms with Crippen LogP contribution in [0.25, 0.3) is 0 Å². The van der Waals surface area contributed by atoms with Crippen LogP contribution in [0.15, 0.2) is 48.5 Å². The van der Waals surface area contributed by atoms with Crippen LogP contribution in [0.5, 0.6) is 0 Å². The Bertz CT molecular complexity index is 751. The summed E-state index contributed by atoms with van der Waals surface area (Å²) in [6, 6.07) is 15.2. The molecular weight excluding hydrogens is 315 g/mol. The summed E-state index contributed by atoms with van der Waals surface area (Å²) >= 11 is 0. The molecule has 0 aromatic heterocycles. The lowest BCUT2D eigenvalue weighted by atomic mass is 9.87. The molecule has 1 aliphatic heterocycles. The Balaban J connectivity index is 1.36. The molecule has 0 unspecified atom stereocenters. The van der Waals surface area contributed by atoms with E-state index in [2.05, 4.69) is 29.2 Å². The van der Waals surface area contributed by atoms with Crippen molar-refractivity contribution in [3.8, 4) is 0 Å². The third-order valence-electron chi connectivity index (χ3n) is 5.53. The van der Waals surface area contributed by atoms with Gasteiger partial charge in [-0.2, -0.15) is 0 Å². The lowest BCUT2D eigenvalue weighted by Crippen LogP contribution is -2.53. The van der Waals surface area contributed by atoms with Gasteiger partial charge in [-0.3, -0.25) is 9.69 Å². The van der Waals surface area contributed by atoms with Gasteiger partial charge in [0.25, 0.3) is 5.91 Å². The Morgan fingerprint density at radius 3 is 2.32 bits per heavy atom. The molecule has 25 heavy (non-hydrogen) atoms. The van der Waals surface area contributed by atoms with Gasteiger partial charge in [0.1, 0.15) is 5.82 Å². The molecule has 1 heterocycles. The zero-order chi connectivity index (χ0) is 17.2. The van der Waals surface area contributed by atoms with E-state index in [0.717, 1.165) is 39.0 Å². The summed E-state index contributed by atoms with van der Waals surface area (Å²) in [4.78, 5) is 17.0. The summed E-state index contributed by atoms with van der Waals surface area (Å²) in [5, 5.41) is 0. The number of amides is 1. The summed E-state index contributed by atoms with van der Waals surface area (Å²) in [6.45, 7) is 3.32. The van der Waals surface area contributed by atoms with Crippen LogP contribution in [0, 0.1) is 5.82 Å². The fourth-order valence-electron chi connectivity index (χ4n) is 4.06. The smallest absolute Gasteiger partial charge is 0.253 e. The first-order valence-electron chi connectivity index (χ1n) is 9.06. The predicted octanol–water partition coefficient (Wildman–Crippen LogP) is 3.14. The predicted molar refractivity (Wildman–Crippen MR) is 96.1 cm³/mol. The molecule has 130 valence electrons. The largest absolute Gasteiger partial charge is 0.336 e. The van der Waals surface area contributed by atoms with E-state index in [1.807, 2.05) is 4.90 Å². The molecule has 0 radical (unpaired) electrons. The number of piperazine rings is 1. The maximum atomic E-state index is 13.0. The summed E-state index contributed by atoms with van der Waals surface area (Å²) in [5.74, 6) is -0.299. The number of carbonyl (C=O) groups excluding carboxylic acids is 1. The molecule has 1 aliphatic carbocycles. The second-order valence-electron chi connectivity index (χ2n) is 7.00. The summed E-state index contributed by atoms with van der Waals surface area (Å²) < 4.78 is 13.0. The maximum absolute atomic E-state index is 13.0. The van der Waals surface area contributed by atoms with Gasteiger partial charge in [-0.15, -0.1) is 0 Å². The van der Waals surface area contributed by atoms with Gasteiger partial charge in [-0.1, -0.05) is 24.3 Å². The Morgan fingerprint density at radius 2 is 1.60 bits per heavy atom. The fraction of sp³-hybridized carbons (Fsp3) is 0.381. The molecular formula is C21H23FN2O. The second-order valence-corrected chi connectivity index (χ2v) is 7.00. The number of hydrogen-bond acceptors (Lipinski definition) is 2. The third kappa shape index (κ3) is 3.45. The van der Waals surface area contributed by atoms with Gasteiger partial charge >= 0.3 is 0 Å². The Morgan fingerprint density at radius 1 is 0.920 bits per heavy atom. The second kappa shape index (κ2) is 6.96. The van der Waals surface area contributed by atoms with Gasteiger partial charge in [0, 0.05) is 37.8 Å². The van der Waals surface area contributed by atoms with Gasteiger partial charge in [-0.25, -0.2) is 4.39 Å². The molecule has 0 bridgehead atoms. The number of aryl methyl sites for hydroxylation is 1. The molecule has 1 atom stereocenters. The molecule has 0 saturated carbocycles. The van der Waals surface area contributed by atoms with Crippen molar-refractivity contribution in [3.05, 3.63) is 71.0 Å². The maximum Gasteiger partial charge on any atom is 0.253 e. The van der Waals surface area contributed by atoms with Gasteiger partial charge in [-0.05, 0) is 54.7 Å². The monoisotopic (exact) mass is 338 g/mol. The quantitative estimate of drug-likeness (QED) is 0.840. The number of benzene rings is 2. The van der Waals surface area contributed by atoms with Crippen LogP contribution in [0.1, 0.15) is 27.9 Å². The molecule has 4 heteroatoms. The average molecular weight is 338 g/mol. The summed E-state index contributed by atoms with van der Waals surface area (Å²) in [6.07, 6.45) is 3.46. The van der Waals surface area contributed by atoms with Crippen molar-refractivity contribution in [1.29, 1.82) is 0 Å². The highest BCUT2D eigenvalue weighted by Gasteiger charge is 2.28. The number of hydrogen-bond donors (Lipinski definition) is 0. The van der Waals surface area contributed by atoms with Crippen molar-refractivity contribution < 1.29 is 9.18 Å². The van der Waals surface area contributed by atoms with Crippen LogP contribution in [-0.4, -0.2) is 47.9 Å². The topological polar surface area (TPSA) is 23.6 Å². The molecule has 2 aromatic rings. The van der Waals surface area contributed by atoms with E-state index in [9.17, 15) is 9.18 Å². The first kappa shape index (κ1) is 16.3. The van der Waals surface area contributed by atoms with Crippen molar-refractivity contribution in [3.63, 3.8) is 0 Å². The fourth-order valence-corrected chi connectivity index (χ4v) is 4.06. The lowest BCUT2D eigenvalue weighted by molar-refractivity contribution is 0.0553. The van der Waals surface area contributed by atoms with Crippen molar-refractivity contribution >= 4 is 5.91 Å². The van der Waals surface area contributed by atoms with E-state index in [0.29, 0.717) is 11.6 Å². The van der Waals surface area contributed by atoms with Gasteiger partial charge in [0.2, 0.25) is 0 Å². The molecule has 4 rings (SSSR count). The molecule has 1 saturated heterocycles. The molecule has 0 N–H and O–H groups in total. The zero-order valence-corrected chi connectivity index (χ0v) is 14.3. The van der Waals surface area contributed by atoms with E-state index >= 15 is 0 Å². The van der Waals surface area contributed by atoms with E-state index in [-0.39, 0.29) is 11.7 Å². The molecule has 1 fully saturated rings. The number of carbonyl (C=O) groups is 1. The van der Waals surface area contributed by atoms with Crippen LogP contribution in [0.4, 0.5) is 4.39 Å². The van der Waals surface area contributed by atoms with E-state index in [1.54, 1.807) is 12.1 Å². The highest BCUT2D eigenvalue weighted by Crippen LogP contribution is 2.25. The number of rotatable bonds is 2. The van der Waals surface area contributed by atoms with Crippen molar-refractivity contribution in [2.75, 3.05) is 26.2 Å². The highest BCUT2D eigenvalue weighted by molar-refractivity contribution is 5.94.